The van der Waals surface area contributed by atoms with E-state index >= 15 is 0 Å². The Kier molecular flexibility index (Phi) is 3.45. The van der Waals surface area contributed by atoms with Gasteiger partial charge < -0.3 is 10.1 Å². The van der Waals surface area contributed by atoms with Gasteiger partial charge in [0.25, 0.3) is 0 Å². The second-order valence-corrected chi connectivity index (χ2v) is 4.70. The van der Waals surface area contributed by atoms with Gasteiger partial charge in [0.15, 0.2) is 0 Å². The van der Waals surface area contributed by atoms with Gasteiger partial charge in [0.05, 0.1) is 10.6 Å². The average molecular weight is 316 g/mol. The lowest BCUT2D eigenvalue weighted by atomic mass is 10.2. The summed E-state index contributed by atoms with van der Waals surface area (Å²) >= 11 is 5.99. The molecule has 0 fully saturated rings. The van der Waals surface area contributed by atoms with Crippen LogP contribution in [-0.2, 0) is 0 Å². The van der Waals surface area contributed by atoms with Crippen LogP contribution < -0.4 is 0 Å². The molecule has 0 unspecified atom stereocenters. The Morgan fingerprint density at radius 3 is 2.64 bits per heavy atom. The number of hydrogen-bond acceptors (Lipinski definition) is 5. The number of aromatic hydroxyl groups is 1. The summed E-state index contributed by atoms with van der Waals surface area (Å²) in [5, 5.41) is 18.5. The Balaban J connectivity index is 2.17. The average Bonchev–Trinajstić information content (AvgIpc) is 2.92. The SMILES string of the molecule is N#Cc1[nH]c(-c2c(F)cccc2Cl)nc1-c1cnc(O)nc1. The number of halogens is 2. The van der Waals surface area contributed by atoms with Crippen LogP contribution in [0.5, 0.6) is 6.01 Å². The van der Waals surface area contributed by atoms with Crippen molar-refractivity contribution in [2.45, 2.75) is 0 Å². The quantitative estimate of drug-likeness (QED) is 0.757. The molecule has 2 heterocycles. The molecule has 0 bridgehead atoms. The molecule has 0 spiro atoms. The van der Waals surface area contributed by atoms with Gasteiger partial charge in [-0.1, -0.05) is 17.7 Å². The van der Waals surface area contributed by atoms with Crippen LogP contribution >= 0.6 is 11.6 Å². The van der Waals surface area contributed by atoms with E-state index < -0.39 is 11.8 Å². The molecular formula is C14H7ClFN5O. The molecule has 0 saturated heterocycles. The zero-order chi connectivity index (χ0) is 15.7. The van der Waals surface area contributed by atoms with Gasteiger partial charge in [0, 0.05) is 18.0 Å². The molecule has 0 saturated carbocycles. The van der Waals surface area contributed by atoms with Gasteiger partial charge >= 0.3 is 6.01 Å². The van der Waals surface area contributed by atoms with Gasteiger partial charge in [-0.05, 0) is 12.1 Å². The Morgan fingerprint density at radius 1 is 1.27 bits per heavy atom. The molecule has 0 radical (unpaired) electrons. The summed E-state index contributed by atoms with van der Waals surface area (Å²) in [7, 11) is 0. The Bertz CT molecular complexity index is 865. The minimum Gasteiger partial charge on any atom is -0.479 e. The monoisotopic (exact) mass is 315 g/mol. The molecule has 2 N–H and O–H groups in total. The lowest BCUT2D eigenvalue weighted by molar-refractivity contribution is 0.430. The lowest BCUT2D eigenvalue weighted by Crippen LogP contribution is -1.88. The smallest absolute Gasteiger partial charge is 0.313 e. The lowest BCUT2D eigenvalue weighted by Gasteiger charge is -2.01. The van der Waals surface area contributed by atoms with Crippen LogP contribution in [0.1, 0.15) is 5.69 Å². The van der Waals surface area contributed by atoms with E-state index in [9.17, 15) is 9.65 Å². The topological polar surface area (TPSA) is 98.5 Å². The molecular weight excluding hydrogens is 309 g/mol. The van der Waals surface area contributed by atoms with E-state index in [-0.39, 0.29) is 27.8 Å². The third-order valence-corrected chi connectivity index (χ3v) is 3.24. The predicted octanol–water partition coefficient (Wildman–Crippen LogP) is 2.90. The molecule has 108 valence electrons. The fraction of sp³-hybridized carbons (Fsp3) is 0. The number of hydrogen-bond donors (Lipinski definition) is 2. The third-order valence-electron chi connectivity index (χ3n) is 2.93. The van der Waals surface area contributed by atoms with Gasteiger partial charge in [0.1, 0.15) is 29.1 Å². The minimum atomic E-state index is -0.556. The largest absolute Gasteiger partial charge is 0.479 e. The van der Waals surface area contributed by atoms with Gasteiger partial charge in [-0.15, -0.1) is 0 Å². The van der Waals surface area contributed by atoms with Crippen molar-refractivity contribution in [3.8, 4) is 34.7 Å². The molecule has 6 nitrogen and oxygen atoms in total. The highest BCUT2D eigenvalue weighted by atomic mass is 35.5. The second kappa shape index (κ2) is 5.42. The normalized spacial score (nSPS) is 10.4. The van der Waals surface area contributed by atoms with Gasteiger partial charge in [-0.25, -0.2) is 19.3 Å². The van der Waals surface area contributed by atoms with E-state index in [1.54, 1.807) is 0 Å². The summed E-state index contributed by atoms with van der Waals surface area (Å²) in [6.07, 6.45) is 2.62. The Morgan fingerprint density at radius 2 is 2.00 bits per heavy atom. The van der Waals surface area contributed by atoms with Crippen molar-refractivity contribution in [1.29, 1.82) is 5.26 Å². The molecule has 0 amide bonds. The van der Waals surface area contributed by atoms with E-state index in [0.717, 1.165) is 0 Å². The zero-order valence-electron chi connectivity index (χ0n) is 10.9. The highest BCUT2D eigenvalue weighted by Crippen LogP contribution is 2.31. The molecule has 0 aliphatic rings. The molecule has 0 atom stereocenters. The van der Waals surface area contributed by atoms with Crippen LogP contribution in [0.3, 0.4) is 0 Å². The van der Waals surface area contributed by atoms with Crippen molar-refractivity contribution in [1.82, 2.24) is 19.9 Å². The summed E-state index contributed by atoms with van der Waals surface area (Å²) < 4.78 is 14.0. The number of aromatic nitrogens is 4. The highest BCUT2D eigenvalue weighted by molar-refractivity contribution is 6.33. The first-order valence-electron chi connectivity index (χ1n) is 6.06. The molecule has 0 aliphatic heterocycles. The van der Waals surface area contributed by atoms with Crippen molar-refractivity contribution in [2.75, 3.05) is 0 Å². The fourth-order valence-electron chi connectivity index (χ4n) is 1.95. The standard InChI is InChI=1S/C14H7ClFN5O/c15-8-2-1-3-9(16)11(8)13-20-10(4-17)12(21-13)7-5-18-14(22)19-6-7/h1-3,5-6H,(H,20,21)(H,18,19,22). The molecule has 1 aromatic carbocycles. The predicted molar refractivity (Wildman–Crippen MR) is 76.4 cm³/mol. The first-order chi connectivity index (χ1) is 10.6. The Labute approximate surface area is 128 Å². The van der Waals surface area contributed by atoms with E-state index in [1.807, 2.05) is 6.07 Å². The summed E-state index contributed by atoms with van der Waals surface area (Å²) in [6, 6.07) is 5.79. The minimum absolute atomic E-state index is 0.0756. The van der Waals surface area contributed by atoms with Crippen molar-refractivity contribution >= 4 is 11.6 Å². The van der Waals surface area contributed by atoms with Gasteiger partial charge in [-0.3, -0.25) is 0 Å². The highest BCUT2D eigenvalue weighted by Gasteiger charge is 2.18. The number of aromatic amines is 1. The summed E-state index contributed by atoms with van der Waals surface area (Å²) in [6.45, 7) is 0. The maximum atomic E-state index is 14.0. The molecule has 3 rings (SSSR count). The van der Waals surface area contributed by atoms with E-state index in [4.69, 9.17) is 16.7 Å². The zero-order valence-corrected chi connectivity index (χ0v) is 11.6. The van der Waals surface area contributed by atoms with Crippen molar-refractivity contribution in [2.24, 2.45) is 0 Å². The maximum absolute atomic E-state index is 14.0. The first kappa shape index (κ1) is 14.0. The number of nitriles is 1. The molecule has 8 heteroatoms. The molecule has 3 aromatic rings. The first-order valence-corrected chi connectivity index (χ1v) is 6.44. The van der Waals surface area contributed by atoms with Crippen LogP contribution in [0.15, 0.2) is 30.6 Å². The van der Waals surface area contributed by atoms with Gasteiger partial charge in [-0.2, -0.15) is 5.26 Å². The van der Waals surface area contributed by atoms with Crippen LogP contribution in [0, 0.1) is 17.1 Å². The van der Waals surface area contributed by atoms with Crippen LogP contribution in [0.25, 0.3) is 22.6 Å². The number of H-pyrrole nitrogens is 1. The molecule has 22 heavy (non-hydrogen) atoms. The summed E-state index contributed by atoms with van der Waals surface area (Å²) in [5.41, 5.74) is 0.844. The van der Waals surface area contributed by atoms with Crippen LogP contribution in [-0.4, -0.2) is 25.0 Å². The van der Waals surface area contributed by atoms with E-state index in [2.05, 4.69) is 19.9 Å². The van der Waals surface area contributed by atoms with E-state index in [1.165, 1.54) is 30.6 Å². The van der Waals surface area contributed by atoms with Crippen molar-refractivity contribution in [3.63, 3.8) is 0 Å². The Hall–Kier alpha value is -2.98. The number of nitrogens with zero attached hydrogens (tertiary/aromatic N) is 4. The number of benzene rings is 1. The van der Waals surface area contributed by atoms with Crippen molar-refractivity contribution in [3.05, 3.63) is 47.1 Å². The van der Waals surface area contributed by atoms with Crippen LogP contribution in [0.4, 0.5) is 4.39 Å². The fourth-order valence-corrected chi connectivity index (χ4v) is 2.20. The maximum Gasteiger partial charge on any atom is 0.313 e. The van der Waals surface area contributed by atoms with Crippen molar-refractivity contribution < 1.29 is 9.50 Å². The molecule has 2 aromatic heterocycles. The number of nitrogens with one attached hydrogen (secondary N) is 1. The van der Waals surface area contributed by atoms with Crippen LogP contribution in [0.2, 0.25) is 5.02 Å². The van der Waals surface area contributed by atoms with E-state index in [0.29, 0.717) is 5.56 Å². The molecule has 0 aliphatic carbocycles. The van der Waals surface area contributed by atoms with Gasteiger partial charge in [0.2, 0.25) is 0 Å². The number of rotatable bonds is 2. The third kappa shape index (κ3) is 2.36. The summed E-state index contributed by atoms with van der Waals surface area (Å²) in [4.78, 5) is 14.2. The number of imidazole rings is 1. The summed E-state index contributed by atoms with van der Waals surface area (Å²) in [5.74, 6) is -0.429. The second-order valence-electron chi connectivity index (χ2n) is 4.29.